The third kappa shape index (κ3) is 3.22. The van der Waals surface area contributed by atoms with E-state index in [0.717, 1.165) is 4.88 Å². The smallest absolute Gasteiger partial charge is 0.270 e. The first kappa shape index (κ1) is 16.4. The van der Waals surface area contributed by atoms with Crippen molar-refractivity contribution in [3.63, 3.8) is 0 Å². The van der Waals surface area contributed by atoms with E-state index in [1.165, 1.54) is 16.2 Å². The first-order chi connectivity index (χ1) is 11.6. The lowest BCUT2D eigenvalue weighted by atomic mass is 10.1. The second-order valence-corrected chi connectivity index (χ2v) is 6.27. The quantitative estimate of drug-likeness (QED) is 0.519. The minimum absolute atomic E-state index is 0.0489. The molecule has 122 valence electrons. The summed E-state index contributed by atoms with van der Waals surface area (Å²) < 4.78 is 5.46. The van der Waals surface area contributed by atoms with Crippen molar-refractivity contribution in [1.82, 2.24) is 5.32 Å². The van der Waals surface area contributed by atoms with Crippen molar-refractivity contribution in [3.05, 3.63) is 52.2 Å². The van der Waals surface area contributed by atoms with Crippen LogP contribution in [0.15, 0.2) is 47.4 Å². The Bertz CT molecular complexity index is 828. The standard InChI is InChI=1S/C17H14N2O3S2/c1-2-22-12-6-3-5-11(9-12)19-16(21)14(15(20)18-17(19)23)10-13-7-4-8-24-13/h3-10H,2H2,1H3,(H,18,20,23). The summed E-state index contributed by atoms with van der Waals surface area (Å²) in [5.74, 6) is -0.312. The van der Waals surface area contributed by atoms with Crippen LogP contribution in [0.5, 0.6) is 5.75 Å². The molecule has 0 unspecified atom stereocenters. The lowest BCUT2D eigenvalue weighted by molar-refractivity contribution is -0.122. The van der Waals surface area contributed by atoms with Crippen molar-refractivity contribution in [2.24, 2.45) is 0 Å². The Morgan fingerprint density at radius 3 is 2.83 bits per heavy atom. The molecule has 7 heteroatoms. The summed E-state index contributed by atoms with van der Waals surface area (Å²) in [6.07, 6.45) is 1.57. The highest BCUT2D eigenvalue weighted by molar-refractivity contribution is 7.80. The number of anilines is 1. The zero-order chi connectivity index (χ0) is 17.1. The van der Waals surface area contributed by atoms with Gasteiger partial charge in [0.25, 0.3) is 11.8 Å². The molecule has 24 heavy (non-hydrogen) atoms. The number of benzene rings is 1. The van der Waals surface area contributed by atoms with Crippen LogP contribution in [0, 0.1) is 0 Å². The van der Waals surface area contributed by atoms with E-state index in [1.54, 1.807) is 30.3 Å². The molecule has 5 nitrogen and oxygen atoms in total. The number of thiophene rings is 1. The van der Waals surface area contributed by atoms with Gasteiger partial charge in [-0.1, -0.05) is 12.1 Å². The number of amides is 2. The topological polar surface area (TPSA) is 58.6 Å². The van der Waals surface area contributed by atoms with Crippen molar-refractivity contribution >= 4 is 52.2 Å². The van der Waals surface area contributed by atoms with E-state index in [9.17, 15) is 9.59 Å². The highest BCUT2D eigenvalue weighted by Crippen LogP contribution is 2.26. The fourth-order valence-electron chi connectivity index (χ4n) is 2.29. The molecule has 0 bridgehead atoms. The molecule has 0 spiro atoms. The molecule has 2 heterocycles. The van der Waals surface area contributed by atoms with Crippen LogP contribution in [0.25, 0.3) is 6.08 Å². The summed E-state index contributed by atoms with van der Waals surface area (Å²) in [5, 5.41) is 4.50. The average molecular weight is 358 g/mol. The molecule has 1 aromatic carbocycles. The van der Waals surface area contributed by atoms with Gasteiger partial charge in [-0.3, -0.25) is 19.8 Å². The number of hydrogen-bond donors (Lipinski definition) is 1. The van der Waals surface area contributed by atoms with Gasteiger partial charge in [0, 0.05) is 10.9 Å². The minimum atomic E-state index is -0.490. The maximum absolute atomic E-state index is 12.8. The SMILES string of the molecule is CCOc1cccc(N2C(=O)C(=Cc3cccs3)C(=O)NC2=S)c1. The van der Waals surface area contributed by atoms with Crippen molar-refractivity contribution in [3.8, 4) is 5.75 Å². The van der Waals surface area contributed by atoms with Crippen LogP contribution in [0.4, 0.5) is 5.69 Å². The molecule has 1 N–H and O–H groups in total. The zero-order valence-corrected chi connectivity index (χ0v) is 14.4. The van der Waals surface area contributed by atoms with Gasteiger partial charge in [0.1, 0.15) is 11.3 Å². The fourth-order valence-corrected chi connectivity index (χ4v) is 3.22. The van der Waals surface area contributed by atoms with E-state index in [0.29, 0.717) is 18.0 Å². The van der Waals surface area contributed by atoms with Crippen molar-refractivity contribution in [1.29, 1.82) is 0 Å². The predicted molar refractivity (Wildman–Crippen MR) is 98.1 cm³/mol. The second-order valence-electron chi connectivity index (χ2n) is 4.90. The lowest BCUT2D eigenvalue weighted by Crippen LogP contribution is -2.54. The molecule has 0 atom stereocenters. The lowest BCUT2D eigenvalue weighted by Gasteiger charge is -2.29. The highest BCUT2D eigenvalue weighted by atomic mass is 32.1. The van der Waals surface area contributed by atoms with Gasteiger partial charge in [0.05, 0.1) is 12.3 Å². The number of nitrogens with one attached hydrogen (secondary N) is 1. The Morgan fingerprint density at radius 1 is 1.29 bits per heavy atom. The van der Waals surface area contributed by atoms with Crippen molar-refractivity contribution < 1.29 is 14.3 Å². The second kappa shape index (κ2) is 6.94. The van der Waals surface area contributed by atoms with E-state index in [4.69, 9.17) is 17.0 Å². The van der Waals surface area contributed by atoms with Crippen molar-refractivity contribution in [2.75, 3.05) is 11.5 Å². The summed E-state index contributed by atoms with van der Waals surface area (Å²) in [7, 11) is 0. The summed E-state index contributed by atoms with van der Waals surface area (Å²) in [4.78, 5) is 27.1. The number of thiocarbonyl (C=S) groups is 1. The molecule has 1 fully saturated rings. The third-order valence-electron chi connectivity index (χ3n) is 3.32. The first-order valence-electron chi connectivity index (χ1n) is 7.28. The Balaban J connectivity index is 1.98. The van der Waals surface area contributed by atoms with Gasteiger partial charge >= 0.3 is 0 Å². The number of carbonyl (C=O) groups is 2. The van der Waals surface area contributed by atoms with Gasteiger partial charge in [0.15, 0.2) is 5.11 Å². The van der Waals surface area contributed by atoms with Crippen LogP contribution in [0.1, 0.15) is 11.8 Å². The van der Waals surface area contributed by atoms with E-state index in [1.807, 2.05) is 24.4 Å². The summed E-state index contributed by atoms with van der Waals surface area (Å²) in [6, 6.07) is 10.7. The first-order valence-corrected chi connectivity index (χ1v) is 8.56. The molecule has 0 saturated carbocycles. The van der Waals surface area contributed by atoms with Crippen LogP contribution >= 0.6 is 23.6 Å². The van der Waals surface area contributed by atoms with Gasteiger partial charge in [-0.2, -0.15) is 0 Å². The number of hydrogen-bond acceptors (Lipinski definition) is 5. The van der Waals surface area contributed by atoms with Gasteiger partial charge < -0.3 is 4.74 Å². The number of ether oxygens (including phenoxy) is 1. The number of carbonyl (C=O) groups excluding carboxylic acids is 2. The highest BCUT2D eigenvalue weighted by Gasteiger charge is 2.34. The monoisotopic (exact) mass is 358 g/mol. The van der Waals surface area contributed by atoms with Crippen LogP contribution in [0.3, 0.4) is 0 Å². The summed E-state index contributed by atoms with van der Waals surface area (Å²) in [6.45, 7) is 2.40. The summed E-state index contributed by atoms with van der Waals surface area (Å²) >= 11 is 6.63. The Hall–Kier alpha value is -2.51. The molecule has 2 aromatic rings. The molecule has 1 aliphatic rings. The number of nitrogens with zero attached hydrogens (tertiary/aromatic N) is 1. The Kier molecular flexibility index (Phi) is 4.73. The molecular weight excluding hydrogens is 344 g/mol. The van der Waals surface area contributed by atoms with E-state index < -0.39 is 11.8 Å². The van der Waals surface area contributed by atoms with Gasteiger partial charge in [-0.15, -0.1) is 11.3 Å². The molecule has 1 aliphatic heterocycles. The molecule has 1 aromatic heterocycles. The summed E-state index contributed by atoms with van der Waals surface area (Å²) in [5.41, 5.74) is 0.598. The van der Waals surface area contributed by atoms with Gasteiger partial charge in [-0.05, 0) is 48.8 Å². The van der Waals surface area contributed by atoms with Crippen LogP contribution in [-0.4, -0.2) is 23.5 Å². The Labute approximate surface area is 148 Å². The average Bonchev–Trinajstić information content (AvgIpc) is 3.05. The van der Waals surface area contributed by atoms with E-state index in [2.05, 4.69) is 5.32 Å². The van der Waals surface area contributed by atoms with Crippen LogP contribution in [0.2, 0.25) is 0 Å². The largest absolute Gasteiger partial charge is 0.494 e. The molecule has 0 radical (unpaired) electrons. The van der Waals surface area contributed by atoms with Crippen LogP contribution in [-0.2, 0) is 9.59 Å². The normalized spacial score (nSPS) is 16.5. The van der Waals surface area contributed by atoms with Crippen LogP contribution < -0.4 is 15.0 Å². The fraction of sp³-hybridized carbons (Fsp3) is 0.118. The molecule has 3 rings (SSSR count). The maximum atomic E-state index is 12.8. The molecule has 0 aliphatic carbocycles. The molecule has 1 saturated heterocycles. The van der Waals surface area contributed by atoms with Crippen molar-refractivity contribution in [2.45, 2.75) is 6.92 Å². The predicted octanol–water partition coefficient (Wildman–Crippen LogP) is 2.98. The Morgan fingerprint density at radius 2 is 2.12 bits per heavy atom. The zero-order valence-electron chi connectivity index (χ0n) is 12.8. The third-order valence-corrected chi connectivity index (χ3v) is 4.42. The number of rotatable bonds is 4. The minimum Gasteiger partial charge on any atom is -0.494 e. The maximum Gasteiger partial charge on any atom is 0.270 e. The van der Waals surface area contributed by atoms with E-state index in [-0.39, 0.29) is 10.7 Å². The van der Waals surface area contributed by atoms with Gasteiger partial charge in [0.2, 0.25) is 0 Å². The molecule has 2 amide bonds. The molecular formula is C17H14N2O3S2. The van der Waals surface area contributed by atoms with E-state index >= 15 is 0 Å². The van der Waals surface area contributed by atoms with Gasteiger partial charge in [-0.25, -0.2) is 0 Å².